The molecule has 0 bridgehead atoms. The molecule has 0 unspecified atom stereocenters. The Morgan fingerprint density at radius 2 is 3.00 bits per heavy atom. The average molecular weight is 80.1 g/mol. The third-order valence-corrected chi connectivity index (χ3v) is 0.354. The second-order valence-electron chi connectivity index (χ2n) is 0.285. The smallest absolute Gasteiger partial charge is 0.0503 e. The molecule has 0 aromatic carbocycles. The van der Waals surface area contributed by atoms with Crippen molar-refractivity contribution in [3.8, 4) is 0 Å². The van der Waals surface area contributed by atoms with E-state index < -0.39 is 0 Å². The van der Waals surface area contributed by atoms with Gasteiger partial charge in [-0.1, -0.05) is 0 Å². The molecule has 0 amide bonds. The van der Waals surface area contributed by atoms with Crippen LogP contribution in [-0.2, 0) is 4.18 Å². The lowest BCUT2D eigenvalue weighted by atomic mass is 11.8. The van der Waals surface area contributed by atoms with E-state index in [1.54, 1.807) is 7.11 Å². The van der Waals surface area contributed by atoms with Crippen LogP contribution in [0.5, 0.6) is 0 Å². The summed E-state index contributed by atoms with van der Waals surface area (Å²) < 4.78 is 10.9. The highest BCUT2D eigenvalue weighted by Gasteiger charge is 1.52. The molecule has 0 radical (unpaired) electrons. The van der Waals surface area contributed by atoms with Gasteiger partial charge in [-0.05, 0) is 12.0 Å². The molecule has 0 aromatic heterocycles. The summed E-state index contributed by atoms with van der Waals surface area (Å²) in [5, 5.41) is 0. The van der Waals surface area contributed by atoms with Crippen LogP contribution in [0.2, 0.25) is 0 Å². The first kappa shape index (κ1) is 2.54. The molecule has 0 N–H and O–H groups in total. The number of hydrogen-bond acceptors (Lipinski definition) is 2. The van der Waals surface area contributed by atoms with E-state index in [4.69, 9.17) is 1.37 Å². The topological polar surface area (TPSA) is 9.23 Å². The first-order valence-corrected chi connectivity index (χ1v) is 1.77. The molecule has 1 nitrogen and oxygen atoms in total. The highest BCUT2D eigenvalue weighted by Crippen LogP contribution is 1.84. The predicted molar refractivity (Wildman–Crippen MR) is 20.5 cm³/mol. The molecule has 0 aliphatic carbocycles. The van der Waals surface area contributed by atoms with Gasteiger partial charge in [-0.2, -0.15) is 0 Å². The van der Waals surface area contributed by atoms with Gasteiger partial charge >= 0.3 is 0 Å². The average Bonchev–Trinajstić information content (AvgIpc) is 1.41. The molecule has 0 spiro atoms. The van der Waals surface area contributed by atoms with E-state index in [0.717, 1.165) is 12.0 Å². The Morgan fingerprint density at radius 3 is 3.00 bits per heavy atom. The number of hydrogen-bond donors (Lipinski definition) is 0. The fourth-order valence-corrected chi connectivity index (χ4v) is 0. The molecule has 2 heteroatoms. The van der Waals surface area contributed by atoms with Crippen molar-refractivity contribution in [2.75, 3.05) is 13.3 Å². The van der Waals surface area contributed by atoms with Gasteiger partial charge in [-0.3, -0.25) is 0 Å². The van der Waals surface area contributed by atoms with Crippen LogP contribution in [-0.4, -0.2) is 13.3 Å². The lowest BCUT2D eigenvalue weighted by molar-refractivity contribution is 0.493. The Balaban J connectivity index is 2.19. The summed E-state index contributed by atoms with van der Waals surface area (Å²) in [4.78, 5) is 0. The Labute approximate surface area is 32.0 Å². The zero-order valence-corrected chi connectivity index (χ0v) is 3.34. The van der Waals surface area contributed by atoms with Crippen molar-refractivity contribution in [3.63, 3.8) is 0 Å². The summed E-state index contributed by atoms with van der Waals surface area (Å²) in [5.74, 6) is 0. The Bertz CT molecular complexity index is 17.1. The van der Waals surface area contributed by atoms with Gasteiger partial charge < -0.3 is 4.18 Å². The van der Waals surface area contributed by atoms with Crippen LogP contribution >= 0.6 is 12.0 Å². The fourth-order valence-electron chi connectivity index (χ4n) is 0. The maximum absolute atomic E-state index is 6.44. The molecule has 0 saturated carbocycles. The number of rotatable bonds is 1. The third kappa shape index (κ3) is 2.31. The maximum Gasteiger partial charge on any atom is 0.0503 e. The standard InChI is InChI=1S/C2H6OS/c1-3-4-2/h1-2H3/i2T. The quantitative estimate of drug-likeness (QED) is 0.433. The summed E-state index contributed by atoms with van der Waals surface area (Å²) >= 11 is 1.13. The lowest BCUT2D eigenvalue weighted by Crippen LogP contribution is -1.53. The Kier molecular flexibility index (Phi) is 2.10. The minimum atomic E-state index is 0.288. The molecule has 0 aromatic rings. The molecule has 4 heavy (non-hydrogen) atoms. The van der Waals surface area contributed by atoms with Gasteiger partial charge in [0.05, 0.1) is 7.11 Å². The minimum Gasteiger partial charge on any atom is -0.319 e. The van der Waals surface area contributed by atoms with Gasteiger partial charge in [0, 0.05) is 7.60 Å². The van der Waals surface area contributed by atoms with E-state index in [9.17, 15) is 0 Å². The molecular formula is C2H6OS. The zero-order chi connectivity index (χ0) is 4.12. The molecule has 0 aliphatic rings. The van der Waals surface area contributed by atoms with E-state index >= 15 is 0 Å². The normalized spacial score (nSPS) is 10.8. The molecule has 0 saturated heterocycles. The van der Waals surface area contributed by atoms with Crippen molar-refractivity contribution >= 4 is 12.0 Å². The van der Waals surface area contributed by atoms with E-state index in [2.05, 4.69) is 4.18 Å². The summed E-state index contributed by atoms with van der Waals surface area (Å²) in [7, 11) is 1.55. The van der Waals surface area contributed by atoms with Gasteiger partial charge in [0.1, 0.15) is 0 Å². The summed E-state index contributed by atoms with van der Waals surface area (Å²) in [6, 6.07) is 0. The summed E-state index contributed by atoms with van der Waals surface area (Å²) in [6.07, 6.45) is 0.288. The van der Waals surface area contributed by atoms with Gasteiger partial charge in [0.25, 0.3) is 0 Å². The van der Waals surface area contributed by atoms with E-state index in [1.165, 1.54) is 0 Å². The predicted octanol–water partition coefficient (Wildman–Crippen LogP) is 0.911. The van der Waals surface area contributed by atoms with Gasteiger partial charge in [0.2, 0.25) is 0 Å². The van der Waals surface area contributed by atoms with Crippen LogP contribution in [0.25, 0.3) is 0 Å². The van der Waals surface area contributed by atoms with Crippen molar-refractivity contribution in [1.29, 1.82) is 0 Å². The third-order valence-electron chi connectivity index (χ3n) is 0.118. The first-order valence-electron chi connectivity index (χ1n) is 1.57. The van der Waals surface area contributed by atoms with Crippen LogP contribution in [0.3, 0.4) is 0 Å². The Hall–Kier alpha value is 0.310. The van der Waals surface area contributed by atoms with Gasteiger partial charge in [-0.15, -0.1) is 0 Å². The van der Waals surface area contributed by atoms with Crippen molar-refractivity contribution in [2.45, 2.75) is 0 Å². The van der Waals surface area contributed by atoms with Gasteiger partial charge in [-0.25, -0.2) is 0 Å². The van der Waals surface area contributed by atoms with Crippen molar-refractivity contribution in [1.82, 2.24) is 0 Å². The highest BCUT2D eigenvalue weighted by molar-refractivity contribution is 7.93. The van der Waals surface area contributed by atoms with Crippen LogP contribution in [0.4, 0.5) is 0 Å². The lowest BCUT2D eigenvalue weighted by Gasteiger charge is -1.74. The molecule has 0 atom stereocenters. The minimum absolute atomic E-state index is 0.288. The Morgan fingerprint density at radius 1 is 2.25 bits per heavy atom. The monoisotopic (exact) mass is 80.0 g/mol. The van der Waals surface area contributed by atoms with Crippen molar-refractivity contribution in [2.24, 2.45) is 0 Å². The highest BCUT2D eigenvalue weighted by atomic mass is 32.2. The SMILES string of the molecule is [3H]CSOC. The zero-order valence-electron chi connectivity index (χ0n) is 3.52. The molecule has 0 heterocycles. The van der Waals surface area contributed by atoms with Crippen LogP contribution in [0.15, 0.2) is 0 Å². The molecule has 26 valence electrons. The van der Waals surface area contributed by atoms with Crippen LogP contribution < -0.4 is 0 Å². The van der Waals surface area contributed by atoms with E-state index in [1.807, 2.05) is 0 Å². The van der Waals surface area contributed by atoms with Crippen LogP contribution in [0.1, 0.15) is 1.37 Å². The first-order chi connectivity index (χ1) is 2.41. The molecule has 0 fully saturated rings. The fraction of sp³-hybridized carbons (Fsp3) is 1.00. The van der Waals surface area contributed by atoms with Crippen molar-refractivity contribution < 1.29 is 5.55 Å². The maximum atomic E-state index is 6.44. The second-order valence-corrected chi connectivity index (χ2v) is 0.854. The molecule has 0 aliphatic heterocycles. The summed E-state index contributed by atoms with van der Waals surface area (Å²) in [6.45, 7) is 0. The van der Waals surface area contributed by atoms with Crippen LogP contribution in [0, 0.1) is 0 Å². The largest absolute Gasteiger partial charge is 0.319 e. The molecule has 0 rings (SSSR count). The second kappa shape index (κ2) is 3.31. The van der Waals surface area contributed by atoms with Crippen molar-refractivity contribution in [3.05, 3.63) is 0 Å². The van der Waals surface area contributed by atoms with E-state index in [-0.39, 0.29) is 6.23 Å². The van der Waals surface area contributed by atoms with Gasteiger partial charge in [0.15, 0.2) is 0 Å². The summed E-state index contributed by atoms with van der Waals surface area (Å²) in [5.41, 5.74) is 0. The van der Waals surface area contributed by atoms with E-state index in [0.29, 0.717) is 0 Å². The molecular weight excluding hydrogens is 72.1 g/mol.